The molecule has 2 rings (SSSR count). The Morgan fingerprint density at radius 2 is 2.40 bits per heavy atom. The van der Waals surface area contributed by atoms with Gasteiger partial charge >= 0.3 is 5.97 Å². The van der Waals surface area contributed by atoms with Crippen LogP contribution in [0.2, 0.25) is 5.02 Å². The summed E-state index contributed by atoms with van der Waals surface area (Å²) in [7, 11) is 1.33. The Balaban J connectivity index is 2.47. The molecule has 0 spiro atoms. The Hall–Kier alpha value is -0.870. The van der Waals surface area contributed by atoms with Gasteiger partial charge in [-0.2, -0.15) is 0 Å². The molecule has 3 nitrogen and oxygen atoms in total. The van der Waals surface area contributed by atoms with Gasteiger partial charge < -0.3 is 9.47 Å². The number of carbonyl (C=O) groups excluding carboxylic acids is 1. The maximum absolute atomic E-state index is 11.4. The van der Waals surface area contributed by atoms with E-state index in [2.05, 4.69) is 4.74 Å². The molecule has 80 valence electrons. The van der Waals surface area contributed by atoms with Crippen LogP contribution in [0.1, 0.15) is 10.4 Å². The molecule has 0 unspecified atom stereocenters. The fourth-order valence-electron chi connectivity index (χ4n) is 1.35. The van der Waals surface area contributed by atoms with Crippen LogP contribution in [-0.4, -0.2) is 25.4 Å². The van der Waals surface area contributed by atoms with Crippen molar-refractivity contribution in [2.45, 2.75) is 4.90 Å². The summed E-state index contributed by atoms with van der Waals surface area (Å²) in [5.74, 6) is 1.05. The van der Waals surface area contributed by atoms with Crippen molar-refractivity contribution in [1.29, 1.82) is 0 Å². The third-order valence-corrected chi connectivity index (χ3v) is 3.43. The van der Waals surface area contributed by atoms with E-state index in [4.69, 9.17) is 16.3 Å². The summed E-state index contributed by atoms with van der Waals surface area (Å²) < 4.78 is 10.1. The summed E-state index contributed by atoms with van der Waals surface area (Å²) in [6.45, 7) is 0.613. The highest BCUT2D eigenvalue weighted by atomic mass is 35.5. The van der Waals surface area contributed by atoms with E-state index in [1.807, 2.05) is 6.07 Å². The second-order valence-corrected chi connectivity index (χ2v) is 4.46. The van der Waals surface area contributed by atoms with Crippen molar-refractivity contribution in [3.63, 3.8) is 0 Å². The maximum Gasteiger partial charge on any atom is 0.339 e. The lowest BCUT2D eigenvalue weighted by atomic mass is 10.2. The Morgan fingerprint density at radius 1 is 1.60 bits per heavy atom. The van der Waals surface area contributed by atoms with E-state index in [0.29, 0.717) is 22.9 Å². The Bertz CT molecular complexity index is 406. The minimum absolute atomic E-state index is 0.339. The van der Waals surface area contributed by atoms with Crippen molar-refractivity contribution in [3.05, 3.63) is 22.7 Å². The van der Waals surface area contributed by atoms with E-state index in [9.17, 15) is 4.79 Å². The SMILES string of the molecule is COC(=O)c1ccc2c(c1Cl)OCCS2. The summed E-state index contributed by atoms with van der Waals surface area (Å²) in [5.41, 5.74) is 0.348. The molecule has 0 saturated heterocycles. The smallest absolute Gasteiger partial charge is 0.339 e. The monoisotopic (exact) mass is 244 g/mol. The first kappa shape index (κ1) is 10.6. The van der Waals surface area contributed by atoms with Crippen LogP contribution in [0.15, 0.2) is 17.0 Å². The zero-order valence-corrected chi connectivity index (χ0v) is 9.65. The lowest BCUT2D eigenvalue weighted by molar-refractivity contribution is 0.0600. The second-order valence-electron chi connectivity index (χ2n) is 2.94. The maximum atomic E-state index is 11.4. The van der Waals surface area contributed by atoms with Crippen molar-refractivity contribution < 1.29 is 14.3 Å². The van der Waals surface area contributed by atoms with Crippen molar-refractivity contribution in [2.24, 2.45) is 0 Å². The average molecular weight is 245 g/mol. The highest BCUT2D eigenvalue weighted by Crippen LogP contribution is 2.40. The number of hydrogen-bond donors (Lipinski definition) is 0. The Kier molecular flexibility index (Phi) is 3.07. The van der Waals surface area contributed by atoms with Crippen molar-refractivity contribution in [3.8, 4) is 5.75 Å². The number of hydrogen-bond acceptors (Lipinski definition) is 4. The number of benzene rings is 1. The molecule has 1 heterocycles. The fraction of sp³-hybridized carbons (Fsp3) is 0.300. The Morgan fingerprint density at radius 3 is 3.13 bits per heavy atom. The van der Waals surface area contributed by atoms with E-state index >= 15 is 0 Å². The van der Waals surface area contributed by atoms with Gasteiger partial charge in [-0.1, -0.05) is 11.6 Å². The summed E-state index contributed by atoms with van der Waals surface area (Å²) in [6, 6.07) is 3.49. The average Bonchev–Trinajstić information content (AvgIpc) is 2.29. The minimum Gasteiger partial charge on any atom is -0.490 e. The Labute approximate surface area is 96.7 Å². The van der Waals surface area contributed by atoms with E-state index < -0.39 is 5.97 Å². The van der Waals surface area contributed by atoms with Crippen molar-refractivity contribution in [2.75, 3.05) is 19.5 Å². The molecule has 0 amide bonds. The van der Waals surface area contributed by atoms with Gasteiger partial charge in [0.1, 0.15) is 0 Å². The minimum atomic E-state index is -0.443. The third-order valence-electron chi connectivity index (χ3n) is 2.05. The van der Waals surface area contributed by atoms with Crippen molar-refractivity contribution in [1.82, 2.24) is 0 Å². The van der Waals surface area contributed by atoms with Gasteiger partial charge in [0.05, 0.1) is 29.2 Å². The summed E-state index contributed by atoms with van der Waals surface area (Å²) in [5, 5.41) is 0.339. The number of esters is 1. The zero-order valence-electron chi connectivity index (χ0n) is 8.08. The number of ether oxygens (including phenoxy) is 2. The first-order chi connectivity index (χ1) is 7.24. The number of halogens is 1. The topological polar surface area (TPSA) is 35.5 Å². The molecule has 0 atom stereocenters. The highest BCUT2D eigenvalue weighted by molar-refractivity contribution is 7.99. The van der Waals surface area contributed by atoms with Crippen LogP contribution >= 0.6 is 23.4 Å². The van der Waals surface area contributed by atoms with Gasteiger partial charge in [0.2, 0.25) is 0 Å². The number of methoxy groups -OCH3 is 1. The summed E-state index contributed by atoms with van der Waals surface area (Å²) >= 11 is 7.73. The molecule has 15 heavy (non-hydrogen) atoms. The van der Waals surface area contributed by atoms with Gasteiger partial charge in [-0.05, 0) is 12.1 Å². The number of thioether (sulfide) groups is 1. The molecule has 1 aliphatic heterocycles. The molecule has 0 N–H and O–H groups in total. The van der Waals surface area contributed by atoms with Gasteiger partial charge in [-0.15, -0.1) is 11.8 Å². The lowest BCUT2D eigenvalue weighted by Gasteiger charge is -2.18. The lowest BCUT2D eigenvalue weighted by Crippen LogP contribution is -2.10. The molecular formula is C10H9ClO3S. The number of carbonyl (C=O) groups is 1. The predicted octanol–water partition coefficient (Wildman–Crippen LogP) is 2.61. The van der Waals surface area contributed by atoms with E-state index in [1.165, 1.54) is 7.11 Å². The van der Waals surface area contributed by atoms with Gasteiger partial charge in [0, 0.05) is 5.75 Å². The molecule has 1 aromatic carbocycles. The molecule has 0 fully saturated rings. The molecule has 0 aromatic heterocycles. The van der Waals surface area contributed by atoms with E-state index in [1.54, 1.807) is 17.8 Å². The van der Waals surface area contributed by atoms with E-state index in [-0.39, 0.29) is 0 Å². The standard InChI is InChI=1S/C10H9ClO3S/c1-13-10(12)6-2-3-7-9(8(6)11)14-4-5-15-7/h2-3H,4-5H2,1H3. The second kappa shape index (κ2) is 4.33. The number of rotatable bonds is 1. The van der Waals surface area contributed by atoms with Crippen LogP contribution in [0.4, 0.5) is 0 Å². The fourth-order valence-corrected chi connectivity index (χ4v) is 2.54. The largest absolute Gasteiger partial charge is 0.490 e. The van der Waals surface area contributed by atoms with Crippen LogP contribution in [0.25, 0.3) is 0 Å². The first-order valence-electron chi connectivity index (χ1n) is 4.40. The molecule has 0 bridgehead atoms. The molecule has 1 aliphatic rings. The summed E-state index contributed by atoms with van der Waals surface area (Å²) in [6.07, 6.45) is 0. The summed E-state index contributed by atoms with van der Waals surface area (Å²) in [4.78, 5) is 12.3. The van der Waals surface area contributed by atoms with Crippen LogP contribution in [0.3, 0.4) is 0 Å². The van der Waals surface area contributed by atoms with Gasteiger partial charge in [-0.25, -0.2) is 4.79 Å². The van der Waals surface area contributed by atoms with Crippen LogP contribution in [-0.2, 0) is 4.74 Å². The quantitative estimate of drug-likeness (QED) is 0.712. The molecular weight excluding hydrogens is 236 g/mol. The highest BCUT2D eigenvalue weighted by Gasteiger charge is 2.20. The predicted molar refractivity (Wildman–Crippen MR) is 59.0 cm³/mol. The molecule has 5 heteroatoms. The number of fused-ring (bicyclic) bond motifs is 1. The van der Waals surface area contributed by atoms with Gasteiger partial charge in [-0.3, -0.25) is 0 Å². The first-order valence-corrected chi connectivity index (χ1v) is 5.77. The molecule has 0 saturated carbocycles. The zero-order chi connectivity index (χ0) is 10.8. The van der Waals surface area contributed by atoms with Crippen LogP contribution in [0.5, 0.6) is 5.75 Å². The van der Waals surface area contributed by atoms with Crippen LogP contribution in [0, 0.1) is 0 Å². The van der Waals surface area contributed by atoms with Gasteiger partial charge in [0.25, 0.3) is 0 Å². The van der Waals surface area contributed by atoms with E-state index in [0.717, 1.165) is 10.6 Å². The molecule has 0 aliphatic carbocycles. The van der Waals surface area contributed by atoms with Gasteiger partial charge in [0.15, 0.2) is 5.75 Å². The van der Waals surface area contributed by atoms with Crippen molar-refractivity contribution >= 4 is 29.3 Å². The van der Waals surface area contributed by atoms with Crippen LogP contribution < -0.4 is 4.74 Å². The normalized spacial score (nSPS) is 14.0. The molecule has 1 aromatic rings. The molecule has 0 radical (unpaired) electrons. The third kappa shape index (κ3) is 1.92.